The molecule has 0 saturated carbocycles. The average Bonchev–Trinajstić information content (AvgIpc) is 3.43. The van der Waals surface area contributed by atoms with Gasteiger partial charge in [0.05, 0.1) is 25.7 Å². The second-order valence-corrected chi connectivity index (χ2v) is 10.7. The first-order valence-corrected chi connectivity index (χ1v) is 13.6. The van der Waals surface area contributed by atoms with Crippen LogP contribution in [0.1, 0.15) is 40.2 Å². The van der Waals surface area contributed by atoms with Crippen molar-refractivity contribution in [1.29, 1.82) is 0 Å². The topological polar surface area (TPSA) is 102 Å². The third-order valence-electron chi connectivity index (χ3n) is 6.25. The Kier molecular flexibility index (Phi) is 10.4. The second-order valence-electron chi connectivity index (χ2n) is 9.67. The average molecular weight is 554 g/mol. The van der Waals surface area contributed by atoms with Crippen LogP contribution >= 0.6 is 11.3 Å². The molecule has 0 radical (unpaired) electrons. The van der Waals surface area contributed by atoms with Crippen LogP contribution in [-0.4, -0.2) is 60.4 Å². The van der Waals surface area contributed by atoms with Gasteiger partial charge in [0, 0.05) is 35.2 Å². The summed E-state index contributed by atoms with van der Waals surface area (Å²) in [7, 11) is 3.16. The fraction of sp³-hybridized carbons (Fsp3) is 0.379. The van der Waals surface area contributed by atoms with Gasteiger partial charge in [-0.05, 0) is 54.5 Å². The van der Waals surface area contributed by atoms with Crippen LogP contribution in [0.15, 0.2) is 53.9 Å². The first kappa shape index (κ1) is 29.6. The number of ether oxygens (including phenoxy) is 2. The lowest BCUT2D eigenvalue weighted by Gasteiger charge is -2.29. The van der Waals surface area contributed by atoms with Crippen molar-refractivity contribution < 1.29 is 24.0 Å². The molecular weight excluding hydrogens is 518 g/mol. The van der Waals surface area contributed by atoms with Gasteiger partial charge in [-0.25, -0.2) is 0 Å². The van der Waals surface area contributed by atoms with Crippen molar-refractivity contribution in [3.8, 4) is 11.5 Å². The quantitative estimate of drug-likeness (QED) is 0.209. The Labute approximate surface area is 233 Å². The molecule has 9 nitrogen and oxygen atoms in total. The maximum absolute atomic E-state index is 13.7. The van der Waals surface area contributed by atoms with Gasteiger partial charge < -0.3 is 19.3 Å². The number of carbonyl (C=O) groups excluding carboxylic acids is 2. The van der Waals surface area contributed by atoms with E-state index in [4.69, 9.17) is 9.47 Å². The van der Waals surface area contributed by atoms with Crippen LogP contribution in [0.3, 0.4) is 0 Å². The molecule has 0 fully saturated rings. The highest BCUT2D eigenvalue weighted by Crippen LogP contribution is 2.28. The summed E-state index contributed by atoms with van der Waals surface area (Å²) < 4.78 is 10.7. The van der Waals surface area contributed by atoms with Crippen molar-refractivity contribution >= 4 is 28.8 Å². The summed E-state index contributed by atoms with van der Waals surface area (Å²) in [5.41, 5.74) is 1.53. The Morgan fingerprint density at radius 3 is 2.38 bits per heavy atom. The molecule has 1 aromatic heterocycles. The largest absolute Gasteiger partial charge is 0.493 e. The van der Waals surface area contributed by atoms with E-state index in [9.17, 15) is 19.7 Å². The number of hydrogen-bond acceptors (Lipinski definition) is 7. The van der Waals surface area contributed by atoms with E-state index in [1.165, 1.54) is 11.0 Å². The van der Waals surface area contributed by atoms with Gasteiger partial charge in [-0.15, -0.1) is 11.3 Å². The number of methoxy groups -OCH3 is 2. The van der Waals surface area contributed by atoms with Crippen molar-refractivity contribution in [3.05, 3.63) is 85.6 Å². The summed E-state index contributed by atoms with van der Waals surface area (Å²) in [5.74, 6) is 0.745. The number of carbonyl (C=O) groups is 2. The van der Waals surface area contributed by atoms with Gasteiger partial charge in [0.1, 0.15) is 6.54 Å². The predicted molar refractivity (Wildman–Crippen MR) is 152 cm³/mol. The normalized spacial score (nSPS) is 10.8. The zero-order valence-corrected chi connectivity index (χ0v) is 23.8. The Morgan fingerprint density at radius 1 is 1.03 bits per heavy atom. The SMILES string of the molecule is COc1ccc(CCN(Cc2cccs2)C(=O)CN(CC(C)C)C(=O)c2ccc(C)c([N+](=O)[O-])c2)cc1OC. The number of hydrogen-bond donors (Lipinski definition) is 0. The number of thiophene rings is 1. The summed E-state index contributed by atoms with van der Waals surface area (Å²) in [4.78, 5) is 42.3. The van der Waals surface area contributed by atoms with E-state index < -0.39 is 10.8 Å². The maximum Gasteiger partial charge on any atom is 0.273 e. The van der Waals surface area contributed by atoms with Crippen LogP contribution < -0.4 is 9.47 Å². The van der Waals surface area contributed by atoms with Crippen LogP contribution in [-0.2, 0) is 17.8 Å². The number of nitro groups is 1. The van der Waals surface area contributed by atoms with E-state index in [0.29, 0.717) is 43.1 Å². The monoisotopic (exact) mass is 553 g/mol. The van der Waals surface area contributed by atoms with E-state index >= 15 is 0 Å². The van der Waals surface area contributed by atoms with E-state index in [0.717, 1.165) is 10.4 Å². The molecule has 10 heteroatoms. The molecule has 208 valence electrons. The fourth-order valence-corrected chi connectivity index (χ4v) is 4.95. The van der Waals surface area contributed by atoms with Gasteiger partial charge in [0.2, 0.25) is 5.91 Å². The second kappa shape index (κ2) is 13.7. The smallest absolute Gasteiger partial charge is 0.273 e. The Morgan fingerprint density at radius 2 is 1.77 bits per heavy atom. The van der Waals surface area contributed by atoms with Crippen LogP contribution in [0.4, 0.5) is 5.69 Å². The lowest BCUT2D eigenvalue weighted by atomic mass is 10.1. The molecule has 0 aliphatic rings. The van der Waals surface area contributed by atoms with Gasteiger partial charge in [0.25, 0.3) is 11.6 Å². The molecule has 3 rings (SSSR count). The molecule has 1 heterocycles. The van der Waals surface area contributed by atoms with Gasteiger partial charge in [-0.1, -0.05) is 32.0 Å². The third kappa shape index (κ3) is 8.03. The van der Waals surface area contributed by atoms with Crippen molar-refractivity contribution in [3.63, 3.8) is 0 Å². The van der Waals surface area contributed by atoms with E-state index in [1.807, 2.05) is 49.6 Å². The van der Waals surface area contributed by atoms with Gasteiger partial charge in [0.15, 0.2) is 11.5 Å². The number of rotatable bonds is 13. The molecule has 2 aromatic carbocycles. The summed E-state index contributed by atoms with van der Waals surface area (Å²) in [6, 6.07) is 14.0. The number of amides is 2. The highest BCUT2D eigenvalue weighted by atomic mass is 32.1. The molecular formula is C29H35N3O6S. The van der Waals surface area contributed by atoms with Gasteiger partial charge in [-0.2, -0.15) is 0 Å². The van der Waals surface area contributed by atoms with Crippen LogP contribution in [0.25, 0.3) is 0 Å². The molecule has 2 amide bonds. The predicted octanol–water partition coefficient (Wildman–Crippen LogP) is 5.35. The van der Waals surface area contributed by atoms with Crippen LogP contribution in [0, 0.1) is 23.0 Å². The summed E-state index contributed by atoms with van der Waals surface area (Å²) in [6.45, 7) is 6.62. The zero-order chi connectivity index (χ0) is 28.5. The van der Waals surface area contributed by atoms with Crippen molar-refractivity contribution in [1.82, 2.24) is 9.80 Å². The zero-order valence-electron chi connectivity index (χ0n) is 23.0. The minimum Gasteiger partial charge on any atom is -0.493 e. The molecule has 0 spiro atoms. The molecule has 0 saturated heterocycles. The Balaban J connectivity index is 1.82. The molecule has 3 aromatic rings. The van der Waals surface area contributed by atoms with Crippen molar-refractivity contribution in [2.24, 2.45) is 5.92 Å². The van der Waals surface area contributed by atoms with Crippen LogP contribution in [0.5, 0.6) is 11.5 Å². The highest BCUT2D eigenvalue weighted by molar-refractivity contribution is 7.09. The summed E-state index contributed by atoms with van der Waals surface area (Å²) in [6.07, 6.45) is 0.583. The van der Waals surface area contributed by atoms with E-state index in [-0.39, 0.29) is 29.6 Å². The summed E-state index contributed by atoms with van der Waals surface area (Å²) in [5, 5.41) is 13.4. The van der Waals surface area contributed by atoms with E-state index in [2.05, 4.69) is 0 Å². The number of nitro benzene ring substituents is 1. The molecule has 0 N–H and O–H groups in total. The Hall–Kier alpha value is -3.92. The van der Waals surface area contributed by atoms with Gasteiger partial charge >= 0.3 is 0 Å². The number of benzene rings is 2. The summed E-state index contributed by atoms with van der Waals surface area (Å²) >= 11 is 1.56. The lowest BCUT2D eigenvalue weighted by Crippen LogP contribution is -2.44. The minimum absolute atomic E-state index is 0.0969. The highest BCUT2D eigenvalue weighted by Gasteiger charge is 2.25. The lowest BCUT2D eigenvalue weighted by molar-refractivity contribution is -0.385. The minimum atomic E-state index is -0.499. The van der Waals surface area contributed by atoms with E-state index in [1.54, 1.807) is 49.5 Å². The fourth-order valence-electron chi connectivity index (χ4n) is 4.23. The molecule has 39 heavy (non-hydrogen) atoms. The standard InChI is InChI=1S/C29H35N3O6S/c1-20(2)17-31(29(34)23-10-8-21(3)25(16-23)32(35)36)19-28(33)30(18-24-7-6-14-39-24)13-12-22-9-11-26(37-4)27(15-22)38-5/h6-11,14-16,20H,12-13,17-19H2,1-5H3. The number of nitrogens with zero attached hydrogens (tertiary/aromatic N) is 3. The third-order valence-corrected chi connectivity index (χ3v) is 7.11. The molecule has 0 bridgehead atoms. The van der Waals surface area contributed by atoms with Gasteiger partial charge in [-0.3, -0.25) is 19.7 Å². The molecule has 0 atom stereocenters. The Bertz CT molecular complexity index is 1290. The molecule has 0 aliphatic carbocycles. The first-order valence-electron chi connectivity index (χ1n) is 12.7. The van der Waals surface area contributed by atoms with Crippen molar-refractivity contribution in [2.45, 2.75) is 33.7 Å². The molecule has 0 unspecified atom stereocenters. The van der Waals surface area contributed by atoms with Crippen molar-refractivity contribution in [2.75, 3.05) is 33.9 Å². The number of aryl methyl sites for hydroxylation is 1. The first-order chi connectivity index (χ1) is 18.6. The molecule has 0 aliphatic heterocycles. The van der Waals surface area contributed by atoms with Crippen LogP contribution in [0.2, 0.25) is 0 Å². The maximum atomic E-state index is 13.7.